The number of halogens is 1. The van der Waals surface area contributed by atoms with Crippen molar-refractivity contribution in [2.24, 2.45) is 0 Å². The van der Waals surface area contributed by atoms with Gasteiger partial charge in [0.25, 0.3) is 0 Å². The zero-order chi connectivity index (χ0) is 23.6. The van der Waals surface area contributed by atoms with Crippen LogP contribution >= 0.6 is 11.3 Å². The van der Waals surface area contributed by atoms with Crippen molar-refractivity contribution in [3.63, 3.8) is 0 Å². The summed E-state index contributed by atoms with van der Waals surface area (Å²) in [5.74, 6) is -0.525. The second-order valence-electron chi connectivity index (χ2n) is 7.61. The van der Waals surface area contributed by atoms with E-state index >= 15 is 0 Å². The minimum absolute atomic E-state index is 0.0993. The van der Waals surface area contributed by atoms with Crippen molar-refractivity contribution in [2.75, 3.05) is 18.4 Å². The van der Waals surface area contributed by atoms with Gasteiger partial charge < -0.3 is 15.1 Å². The van der Waals surface area contributed by atoms with Crippen LogP contribution in [-0.2, 0) is 24.3 Å². The van der Waals surface area contributed by atoms with E-state index in [-0.39, 0.29) is 30.8 Å². The summed E-state index contributed by atoms with van der Waals surface area (Å²) in [6.45, 7) is 6.64. The Labute approximate surface area is 198 Å². The molecule has 33 heavy (non-hydrogen) atoms. The summed E-state index contributed by atoms with van der Waals surface area (Å²) in [4.78, 5) is 30.4. The van der Waals surface area contributed by atoms with Crippen LogP contribution in [0.4, 0.5) is 14.9 Å². The van der Waals surface area contributed by atoms with Crippen LogP contribution in [0, 0.1) is 5.82 Å². The molecule has 3 rings (SSSR count). The van der Waals surface area contributed by atoms with Gasteiger partial charge in [0.05, 0.1) is 6.54 Å². The monoisotopic (exact) mass is 465 g/mol. The number of nitrogens with one attached hydrogen (secondary N) is 1. The number of carbonyl (C=O) groups excluding carboxylic acids is 2. The highest BCUT2D eigenvalue weighted by molar-refractivity contribution is 7.09. The van der Waals surface area contributed by atoms with Crippen molar-refractivity contribution in [3.8, 4) is 0 Å². The molecule has 0 saturated heterocycles. The number of hydrogen-bond acceptors (Lipinski definition) is 3. The van der Waals surface area contributed by atoms with Gasteiger partial charge in [0, 0.05) is 23.7 Å². The highest BCUT2D eigenvalue weighted by Gasteiger charge is 2.22. The van der Waals surface area contributed by atoms with Crippen molar-refractivity contribution >= 4 is 29.0 Å². The van der Waals surface area contributed by atoms with Gasteiger partial charge in [-0.2, -0.15) is 0 Å². The highest BCUT2D eigenvalue weighted by atomic mass is 32.1. The number of benzene rings is 2. The minimum Gasteiger partial charge on any atom is -0.332 e. The number of nitrogens with zero attached hydrogens (tertiary/aromatic N) is 2. The summed E-state index contributed by atoms with van der Waals surface area (Å²) in [5, 5.41) is 4.83. The molecule has 1 heterocycles. The fourth-order valence-corrected chi connectivity index (χ4v) is 4.06. The van der Waals surface area contributed by atoms with E-state index in [2.05, 4.69) is 11.9 Å². The Morgan fingerprint density at radius 1 is 1.03 bits per heavy atom. The molecule has 0 spiro atoms. The van der Waals surface area contributed by atoms with Gasteiger partial charge in [-0.25, -0.2) is 9.18 Å². The fraction of sp³-hybridized carbons (Fsp3) is 0.231. The van der Waals surface area contributed by atoms with Gasteiger partial charge in [0.1, 0.15) is 12.4 Å². The lowest BCUT2D eigenvalue weighted by Crippen LogP contribution is -2.44. The lowest BCUT2D eigenvalue weighted by atomic mass is 10.1. The predicted octanol–water partition coefficient (Wildman–Crippen LogP) is 5.70. The van der Waals surface area contributed by atoms with Crippen LogP contribution in [0.3, 0.4) is 0 Å². The fourth-order valence-electron chi connectivity index (χ4n) is 3.34. The second-order valence-corrected chi connectivity index (χ2v) is 8.64. The molecule has 0 aliphatic rings. The van der Waals surface area contributed by atoms with Crippen LogP contribution < -0.4 is 5.32 Å². The summed E-state index contributed by atoms with van der Waals surface area (Å²) >= 11 is 1.56. The standard InChI is InChI=1S/C26H28FN3O2S/c1-3-14-29(26(32)28-23-8-5-7-20(4-2)16-23)19-25(31)30(18-24-9-6-15-33-24)17-21-10-12-22(27)13-11-21/h3,5-13,15-16H,1,4,14,17-19H2,2H3,(H,28,32). The van der Waals surface area contributed by atoms with Gasteiger partial charge in [-0.3, -0.25) is 4.79 Å². The zero-order valence-corrected chi connectivity index (χ0v) is 19.5. The van der Waals surface area contributed by atoms with Crippen molar-refractivity contribution in [3.05, 3.63) is 101 Å². The van der Waals surface area contributed by atoms with Crippen molar-refractivity contribution < 1.29 is 14.0 Å². The number of thiophene rings is 1. The molecule has 3 aromatic rings. The molecule has 0 saturated carbocycles. The molecule has 5 nitrogen and oxygen atoms in total. The van der Waals surface area contributed by atoms with Gasteiger partial charge in [-0.15, -0.1) is 17.9 Å². The summed E-state index contributed by atoms with van der Waals surface area (Å²) in [5.41, 5.74) is 2.61. The lowest BCUT2D eigenvalue weighted by molar-refractivity contribution is -0.132. The number of carbonyl (C=O) groups is 2. The molecule has 7 heteroatoms. The highest BCUT2D eigenvalue weighted by Crippen LogP contribution is 2.16. The topological polar surface area (TPSA) is 52.7 Å². The number of urea groups is 1. The number of aryl methyl sites for hydroxylation is 1. The Morgan fingerprint density at radius 3 is 2.48 bits per heavy atom. The molecule has 1 aromatic heterocycles. The maximum Gasteiger partial charge on any atom is 0.322 e. The Kier molecular flexibility index (Phi) is 8.78. The van der Waals surface area contributed by atoms with E-state index in [4.69, 9.17) is 0 Å². The molecule has 172 valence electrons. The molecule has 0 radical (unpaired) electrons. The normalized spacial score (nSPS) is 10.5. The largest absolute Gasteiger partial charge is 0.332 e. The average molecular weight is 466 g/mol. The maximum atomic E-state index is 13.3. The average Bonchev–Trinajstić information content (AvgIpc) is 3.33. The van der Waals surface area contributed by atoms with Gasteiger partial charge in [-0.05, 0) is 53.3 Å². The minimum atomic E-state index is -0.366. The number of anilines is 1. The van der Waals surface area contributed by atoms with Crippen molar-refractivity contribution in [1.82, 2.24) is 9.80 Å². The number of rotatable bonds is 10. The molecular weight excluding hydrogens is 437 g/mol. The van der Waals surface area contributed by atoms with E-state index in [1.165, 1.54) is 17.0 Å². The van der Waals surface area contributed by atoms with Crippen LogP contribution in [0.15, 0.2) is 78.7 Å². The maximum absolute atomic E-state index is 13.3. The molecule has 1 N–H and O–H groups in total. The Bertz CT molecular complexity index is 1070. The van der Waals surface area contributed by atoms with Crippen LogP contribution in [0.2, 0.25) is 0 Å². The van der Waals surface area contributed by atoms with Crippen LogP contribution in [0.5, 0.6) is 0 Å². The zero-order valence-electron chi connectivity index (χ0n) is 18.7. The van der Waals surface area contributed by atoms with Crippen molar-refractivity contribution in [2.45, 2.75) is 26.4 Å². The summed E-state index contributed by atoms with van der Waals surface area (Å²) < 4.78 is 13.3. The SMILES string of the molecule is C=CCN(CC(=O)N(Cc1ccc(F)cc1)Cc1cccs1)C(=O)Nc1cccc(CC)c1. The first-order valence-electron chi connectivity index (χ1n) is 10.8. The molecule has 0 atom stereocenters. The third kappa shape index (κ3) is 7.29. The van der Waals surface area contributed by atoms with E-state index in [9.17, 15) is 14.0 Å². The molecule has 0 unspecified atom stereocenters. The smallest absolute Gasteiger partial charge is 0.322 e. The molecule has 0 bridgehead atoms. The molecule has 2 aromatic carbocycles. The van der Waals surface area contributed by atoms with E-state index in [0.717, 1.165) is 22.4 Å². The third-order valence-electron chi connectivity index (χ3n) is 5.12. The molecule has 0 aliphatic heterocycles. The van der Waals surface area contributed by atoms with Crippen LogP contribution in [-0.4, -0.2) is 34.8 Å². The van der Waals surface area contributed by atoms with Gasteiger partial charge in [0.15, 0.2) is 0 Å². The van der Waals surface area contributed by atoms with E-state index in [0.29, 0.717) is 18.8 Å². The molecule has 3 amide bonds. The molecule has 0 fully saturated rings. The summed E-state index contributed by atoms with van der Waals surface area (Å²) in [6.07, 6.45) is 2.46. The molecule has 0 aliphatic carbocycles. The second kappa shape index (κ2) is 12.0. The van der Waals surface area contributed by atoms with Gasteiger partial charge in [0.2, 0.25) is 5.91 Å². The Morgan fingerprint density at radius 2 is 1.82 bits per heavy atom. The van der Waals surface area contributed by atoms with E-state index in [1.807, 2.05) is 48.7 Å². The number of hydrogen-bond donors (Lipinski definition) is 1. The third-order valence-corrected chi connectivity index (χ3v) is 5.98. The first kappa shape index (κ1) is 24.2. The first-order chi connectivity index (χ1) is 16.0. The van der Waals surface area contributed by atoms with Gasteiger partial charge >= 0.3 is 6.03 Å². The van der Waals surface area contributed by atoms with Crippen LogP contribution in [0.25, 0.3) is 0 Å². The summed E-state index contributed by atoms with van der Waals surface area (Å²) in [7, 11) is 0. The first-order valence-corrected chi connectivity index (χ1v) is 11.7. The Balaban J connectivity index is 1.73. The summed E-state index contributed by atoms with van der Waals surface area (Å²) in [6, 6.07) is 17.3. The Hall–Kier alpha value is -3.45. The lowest BCUT2D eigenvalue weighted by Gasteiger charge is -2.27. The van der Waals surface area contributed by atoms with E-state index in [1.54, 1.807) is 34.4 Å². The molecular formula is C26H28FN3O2S. The quantitative estimate of drug-likeness (QED) is 0.391. The predicted molar refractivity (Wildman–Crippen MR) is 132 cm³/mol. The number of amides is 3. The van der Waals surface area contributed by atoms with Crippen LogP contribution in [0.1, 0.15) is 22.9 Å². The van der Waals surface area contributed by atoms with Gasteiger partial charge in [-0.1, -0.05) is 43.3 Å². The van der Waals surface area contributed by atoms with Crippen molar-refractivity contribution in [1.29, 1.82) is 0 Å². The van der Waals surface area contributed by atoms with E-state index < -0.39 is 0 Å².